The maximum Gasteiger partial charge on any atom is 0.259 e. The van der Waals surface area contributed by atoms with Gasteiger partial charge in [-0.15, -0.1) is 0 Å². The average Bonchev–Trinajstić information content (AvgIpc) is 3.12. The van der Waals surface area contributed by atoms with Crippen LogP contribution >= 0.6 is 11.6 Å². The molecule has 9 heteroatoms. The highest BCUT2D eigenvalue weighted by Gasteiger charge is 2.51. The predicted octanol–water partition coefficient (Wildman–Crippen LogP) is 4.33. The molecule has 5 rings (SSSR count). The normalized spacial score (nSPS) is 19.9. The zero-order valence-corrected chi connectivity index (χ0v) is 20.4. The second-order valence-corrected chi connectivity index (χ2v) is 9.17. The Morgan fingerprint density at radius 2 is 1.89 bits per heavy atom. The topological polar surface area (TPSA) is 69.7 Å². The summed E-state index contributed by atoms with van der Waals surface area (Å²) in [4.78, 5) is 22.7. The Kier molecular flexibility index (Phi) is 6.25. The third-order valence-electron chi connectivity index (χ3n) is 6.58. The Morgan fingerprint density at radius 1 is 1.14 bits per heavy atom. The smallest absolute Gasteiger partial charge is 0.259 e. The molecular formula is C26H27ClFN5O2. The van der Waals surface area contributed by atoms with E-state index in [-0.39, 0.29) is 10.9 Å². The molecule has 35 heavy (non-hydrogen) atoms. The van der Waals surface area contributed by atoms with Crippen LogP contribution in [0, 0.1) is 5.82 Å². The van der Waals surface area contributed by atoms with Crippen LogP contribution in [0.3, 0.4) is 0 Å². The van der Waals surface area contributed by atoms with Gasteiger partial charge < -0.3 is 25.2 Å². The fraction of sp³-hybridized carbons (Fsp3) is 0.308. The van der Waals surface area contributed by atoms with Gasteiger partial charge in [-0.25, -0.2) is 9.37 Å². The van der Waals surface area contributed by atoms with Crippen molar-refractivity contribution in [3.63, 3.8) is 0 Å². The second-order valence-electron chi connectivity index (χ2n) is 8.77. The van der Waals surface area contributed by atoms with E-state index in [1.165, 1.54) is 12.1 Å². The highest BCUT2D eigenvalue weighted by molar-refractivity contribution is 6.31. The number of pyridine rings is 1. The molecule has 3 aromatic rings. The zero-order chi connectivity index (χ0) is 24.6. The zero-order valence-electron chi connectivity index (χ0n) is 19.6. The number of nitrogens with one attached hydrogen (secondary N) is 2. The second kappa shape index (κ2) is 9.36. The number of fused-ring (bicyclic) bond motifs is 1. The van der Waals surface area contributed by atoms with E-state index in [0.29, 0.717) is 29.3 Å². The third-order valence-corrected chi connectivity index (χ3v) is 6.87. The standard InChI is InChI=1S/C26H27ClFN5O2/c1-3-35-24-19(5-4-10-29-24)26(20-15-21(27)22(28)16-23(20)30-25(26)34)31-17-6-8-18(9-7-17)33-13-11-32(2)12-14-33/h4-10,15-16,31H,3,11-14H2,1-2H3,(H,30,34). The summed E-state index contributed by atoms with van der Waals surface area (Å²) in [6, 6.07) is 14.2. The molecule has 1 aromatic heterocycles. The van der Waals surface area contributed by atoms with E-state index >= 15 is 0 Å². The van der Waals surface area contributed by atoms with Gasteiger partial charge in [0.05, 0.1) is 22.9 Å². The van der Waals surface area contributed by atoms with Crippen molar-refractivity contribution in [1.82, 2.24) is 9.88 Å². The summed E-state index contributed by atoms with van der Waals surface area (Å²) in [5.41, 5.74) is 1.80. The molecule has 1 fully saturated rings. The maximum atomic E-state index is 14.3. The molecule has 3 heterocycles. The van der Waals surface area contributed by atoms with Crippen molar-refractivity contribution in [3.8, 4) is 5.88 Å². The Bertz CT molecular complexity index is 1250. The Morgan fingerprint density at radius 3 is 2.60 bits per heavy atom. The molecule has 2 aliphatic heterocycles. The number of halogens is 2. The number of carbonyl (C=O) groups excluding carboxylic acids is 1. The molecule has 2 aliphatic rings. The number of nitrogens with zero attached hydrogens (tertiary/aromatic N) is 3. The molecule has 182 valence electrons. The van der Waals surface area contributed by atoms with Gasteiger partial charge in [-0.2, -0.15) is 0 Å². The van der Waals surface area contributed by atoms with Crippen molar-refractivity contribution in [3.05, 3.63) is 76.7 Å². The quantitative estimate of drug-likeness (QED) is 0.530. The van der Waals surface area contributed by atoms with Gasteiger partial charge in [0.1, 0.15) is 5.82 Å². The summed E-state index contributed by atoms with van der Waals surface area (Å²) in [6.07, 6.45) is 1.61. The number of likely N-dealkylation sites (N-methyl/N-ethyl adjacent to an activating group) is 1. The van der Waals surface area contributed by atoms with Gasteiger partial charge in [-0.3, -0.25) is 4.79 Å². The van der Waals surface area contributed by atoms with Gasteiger partial charge in [0.15, 0.2) is 5.54 Å². The first-order valence-corrected chi connectivity index (χ1v) is 12.0. The summed E-state index contributed by atoms with van der Waals surface area (Å²) in [5.74, 6) is -0.652. The number of amides is 1. The van der Waals surface area contributed by atoms with Crippen molar-refractivity contribution in [1.29, 1.82) is 0 Å². The van der Waals surface area contributed by atoms with Crippen molar-refractivity contribution in [2.75, 3.05) is 55.4 Å². The van der Waals surface area contributed by atoms with Crippen molar-refractivity contribution in [2.24, 2.45) is 0 Å². The van der Waals surface area contributed by atoms with Gasteiger partial charge in [-0.1, -0.05) is 11.6 Å². The van der Waals surface area contributed by atoms with Crippen molar-refractivity contribution >= 4 is 34.6 Å². The van der Waals surface area contributed by atoms with Gasteiger partial charge >= 0.3 is 0 Å². The number of benzene rings is 2. The lowest BCUT2D eigenvalue weighted by Crippen LogP contribution is -2.44. The molecule has 0 saturated carbocycles. The van der Waals surface area contributed by atoms with E-state index in [9.17, 15) is 9.18 Å². The third kappa shape index (κ3) is 4.17. The minimum Gasteiger partial charge on any atom is -0.478 e. The van der Waals surface area contributed by atoms with Gasteiger partial charge in [-0.05, 0) is 62.5 Å². The summed E-state index contributed by atoms with van der Waals surface area (Å²) < 4.78 is 20.1. The van der Waals surface area contributed by atoms with Crippen molar-refractivity contribution in [2.45, 2.75) is 12.5 Å². The lowest BCUT2D eigenvalue weighted by molar-refractivity contribution is -0.118. The number of aromatic nitrogens is 1. The van der Waals surface area contributed by atoms with Crippen LogP contribution in [0.1, 0.15) is 18.1 Å². The molecule has 2 aromatic carbocycles. The van der Waals surface area contributed by atoms with Crippen LogP contribution in [-0.4, -0.2) is 55.6 Å². The van der Waals surface area contributed by atoms with Crippen LogP contribution in [0.25, 0.3) is 0 Å². The summed E-state index contributed by atoms with van der Waals surface area (Å²) >= 11 is 6.18. The van der Waals surface area contributed by atoms with Crippen LogP contribution < -0.4 is 20.3 Å². The van der Waals surface area contributed by atoms with Crippen LogP contribution in [0.15, 0.2) is 54.7 Å². The first-order chi connectivity index (χ1) is 16.9. The Balaban J connectivity index is 1.58. The van der Waals surface area contributed by atoms with Crippen molar-refractivity contribution < 1.29 is 13.9 Å². The van der Waals surface area contributed by atoms with Gasteiger partial charge in [0.25, 0.3) is 5.91 Å². The fourth-order valence-electron chi connectivity index (χ4n) is 4.72. The van der Waals surface area contributed by atoms with E-state index in [1.54, 1.807) is 18.3 Å². The van der Waals surface area contributed by atoms with Gasteiger partial charge in [0, 0.05) is 49.3 Å². The molecule has 0 aliphatic carbocycles. The number of ether oxygens (including phenoxy) is 1. The Labute approximate surface area is 208 Å². The summed E-state index contributed by atoms with van der Waals surface area (Å²) in [6.45, 7) is 6.17. The van der Waals surface area contributed by atoms with Crippen LogP contribution in [-0.2, 0) is 10.3 Å². The molecule has 0 bridgehead atoms. The van der Waals surface area contributed by atoms with E-state index in [2.05, 4.69) is 32.5 Å². The molecule has 1 unspecified atom stereocenters. The number of hydrogen-bond donors (Lipinski definition) is 2. The number of carbonyl (C=O) groups is 1. The molecule has 1 saturated heterocycles. The van der Waals surface area contributed by atoms with Gasteiger partial charge in [0.2, 0.25) is 5.88 Å². The van der Waals surface area contributed by atoms with E-state index in [0.717, 1.165) is 37.6 Å². The molecule has 0 spiro atoms. The van der Waals surface area contributed by atoms with E-state index in [4.69, 9.17) is 16.3 Å². The SMILES string of the molecule is CCOc1ncccc1C1(Nc2ccc(N3CCN(C)CC3)cc2)C(=O)Nc2cc(F)c(Cl)cc21. The first kappa shape index (κ1) is 23.4. The molecular weight excluding hydrogens is 469 g/mol. The minimum absolute atomic E-state index is 0.0707. The average molecular weight is 496 g/mol. The lowest BCUT2D eigenvalue weighted by atomic mass is 9.83. The molecule has 7 nitrogen and oxygen atoms in total. The maximum absolute atomic E-state index is 14.3. The lowest BCUT2D eigenvalue weighted by Gasteiger charge is -2.34. The van der Waals surface area contributed by atoms with Crippen LogP contribution in [0.5, 0.6) is 5.88 Å². The van der Waals surface area contributed by atoms with Crippen LogP contribution in [0.2, 0.25) is 5.02 Å². The molecule has 2 N–H and O–H groups in total. The summed E-state index contributed by atoms with van der Waals surface area (Å²) in [5, 5.41) is 6.16. The minimum atomic E-state index is -1.42. The monoisotopic (exact) mass is 495 g/mol. The first-order valence-electron chi connectivity index (χ1n) is 11.6. The van der Waals surface area contributed by atoms with Crippen LogP contribution in [0.4, 0.5) is 21.5 Å². The van der Waals surface area contributed by atoms with E-state index < -0.39 is 11.4 Å². The fourth-order valence-corrected chi connectivity index (χ4v) is 4.89. The summed E-state index contributed by atoms with van der Waals surface area (Å²) in [7, 11) is 2.13. The van der Waals surface area contributed by atoms with E-state index in [1.807, 2.05) is 31.2 Å². The number of hydrogen-bond acceptors (Lipinski definition) is 6. The predicted molar refractivity (Wildman–Crippen MR) is 136 cm³/mol. The number of anilines is 3. The largest absolute Gasteiger partial charge is 0.478 e. The molecule has 1 atom stereocenters. The highest BCUT2D eigenvalue weighted by Crippen LogP contribution is 2.47. The highest BCUT2D eigenvalue weighted by atomic mass is 35.5. The molecule has 0 radical (unpaired) electrons. The number of piperazine rings is 1. The Hall–Kier alpha value is -3.36. The number of rotatable bonds is 6. The molecule has 1 amide bonds.